The van der Waals surface area contributed by atoms with Crippen molar-refractivity contribution in [1.82, 2.24) is 4.98 Å². The highest BCUT2D eigenvalue weighted by Gasteiger charge is 2.13. The first-order valence-electron chi connectivity index (χ1n) is 6.90. The lowest BCUT2D eigenvalue weighted by molar-refractivity contribution is -0.117. The summed E-state index contributed by atoms with van der Waals surface area (Å²) >= 11 is 0. The van der Waals surface area contributed by atoms with Gasteiger partial charge in [-0.25, -0.2) is 0 Å². The molecular formula is C18H16N2O. The van der Waals surface area contributed by atoms with Gasteiger partial charge < -0.3 is 4.90 Å². The molecule has 21 heavy (non-hydrogen) atoms. The average Bonchev–Trinajstić information content (AvgIpc) is 2.55. The summed E-state index contributed by atoms with van der Waals surface area (Å²) in [5.41, 5.74) is 2.76. The number of amides is 1. The molecule has 1 heterocycles. The van der Waals surface area contributed by atoms with Gasteiger partial charge in [0.1, 0.15) is 0 Å². The smallest absolute Gasteiger partial charge is 0.231 e. The molecule has 3 aromatic rings. The van der Waals surface area contributed by atoms with Crippen LogP contribution in [0, 0.1) is 0 Å². The lowest BCUT2D eigenvalue weighted by Crippen LogP contribution is -2.27. The fraction of sp³-hybridized carbons (Fsp3) is 0.111. The third-order valence-corrected chi connectivity index (χ3v) is 3.58. The molecule has 0 saturated carbocycles. The van der Waals surface area contributed by atoms with Crippen molar-refractivity contribution in [3.8, 4) is 0 Å². The number of pyridine rings is 1. The molecule has 2 aromatic carbocycles. The first-order valence-corrected chi connectivity index (χ1v) is 6.90. The van der Waals surface area contributed by atoms with E-state index in [1.54, 1.807) is 18.1 Å². The number of likely N-dealkylation sites (N-methyl/N-ethyl adjacent to an activating group) is 1. The summed E-state index contributed by atoms with van der Waals surface area (Å²) in [5, 5.41) is 1.06. The maximum Gasteiger partial charge on any atom is 0.231 e. The maximum atomic E-state index is 12.5. The number of aromatic nitrogens is 1. The lowest BCUT2D eigenvalue weighted by atomic mass is 10.1. The highest BCUT2D eigenvalue weighted by Crippen LogP contribution is 2.18. The molecule has 0 fully saturated rings. The van der Waals surface area contributed by atoms with E-state index in [0.29, 0.717) is 6.42 Å². The Balaban J connectivity index is 1.87. The molecule has 0 bridgehead atoms. The van der Waals surface area contributed by atoms with Crippen LogP contribution in [-0.2, 0) is 11.2 Å². The van der Waals surface area contributed by atoms with Crippen molar-refractivity contribution in [1.29, 1.82) is 0 Å². The SMILES string of the molecule is CN(C(=O)Cc1cccc2cccnc12)c1ccccc1. The number of para-hydroxylation sites is 2. The van der Waals surface area contributed by atoms with Gasteiger partial charge in [-0.1, -0.05) is 42.5 Å². The minimum Gasteiger partial charge on any atom is -0.315 e. The van der Waals surface area contributed by atoms with Crippen molar-refractivity contribution >= 4 is 22.5 Å². The summed E-state index contributed by atoms with van der Waals surface area (Å²) in [4.78, 5) is 18.5. The summed E-state index contributed by atoms with van der Waals surface area (Å²) in [6.07, 6.45) is 2.11. The number of rotatable bonds is 3. The van der Waals surface area contributed by atoms with E-state index in [9.17, 15) is 4.79 Å². The van der Waals surface area contributed by atoms with Crippen molar-refractivity contribution in [2.75, 3.05) is 11.9 Å². The molecule has 3 rings (SSSR count). The molecule has 3 heteroatoms. The van der Waals surface area contributed by atoms with Gasteiger partial charge in [-0.3, -0.25) is 9.78 Å². The van der Waals surface area contributed by atoms with Crippen LogP contribution in [0.1, 0.15) is 5.56 Å². The molecule has 0 aliphatic heterocycles. The third kappa shape index (κ3) is 2.77. The number of hydrogen-bond acceptors (Lipinski definition) is 2. The monoisotopic (exact) mass is 276 g/mol. The van der Waals surface area contributed by atoms with E-state index in [2.05, 4.69) is 4.98 Å². The van der Waals surface area contributed by atoms with Crippen LogP contribution in [0.2, 0.25) is 0 Å². The Morgan fingerprint density at radius 1 is 1.00 bits per heavy atom. The van der Waals surface area contributed by atoms with Crippen LogP contribution in [0.4, 0.5) is 5.69 Å². The van der Waals surface area contributed by atoms with E-state index >= 15 is 0 Å². The van der Waals surface area contributed by atoms with Crippen LogP contribution in [0.5, 0.6) is 0 Å². The second kappa shape index (κ2) is 5.75. The van der Waals surface area contributed by atoms with Crippen LogP contribution in [0.3, 0.4) is 0 Å². The summed E-state index contributed by atoms with van der Waals surface area (Å²) in [6.45, 7) is 0. The van der Waals surface area contributed by atoms with E-state index in [1.165, 1.54) is 0 Å². The summed E-state index contributed by atoms with van der Waals surface area (Å²) in [6, 6.07) is 19.5. The molecule has 104 valence electrons. The molecular weight excluding hydrogens is 260 g/mol. The number of hydrogen-bond donors (Lipinski definition) is 0. The second-order valence-corrected chi connectivity index (χ2v) is 4.96. The van der Waals surface area contributed by atoms with Crippen molar-refractivity contribution < 1.29 is 4.79 Å². The quantitative estimate of drug-likeness (QED) is 0.734. The van der Waals surface area contributed by atoms with Gasteiger partial charge in [0.05, 0.1) is 11.9 Å². The predicted molar refractivity (Wildman–Crippen MR) is 85.3 cm³/mol. The van der Waals surface area contributed by atoms with Gasteiger partial charge in [0.15, 0.2) is 0 Å². The van der Waals surface area contributed by atoms with E-state index in [-0.39, 0.29) is 5.91 Å². The summed E-state index contributed by atoms with van der Waals surface area (Å²) in [7, 11) is 1.80. The fourth-order valence-corrected chi connectivity index (χ4v) is 2.39. The maximum absolute atomic E-state index is 12.5. The van der Waals surface area contributed by atoms with Crippen LogP contribution in [-0.4, -0.2) is 17.9 Å². The van der Waals surface area contributed by atoms with Crippen LogP contribution < -0.4 is 4.90 Å². The fourth-order valence-electron chi connectivity index (χ4n) is 2.39. The first kappa shape index (κ1) is 13.3. The zero-order valence-electron chi connectivity index (χ0n) is 11.9. The molecule has 0 radical (unpaired) electrons. The van der Waals surface area contributed by atoms with Crippen molar-refractivity contribution in [3.05, 3.63) is 72.4 Å². The van der Waals surface area contributed by atoms with Crippen molar-refractivity contribution in [2.45, 2.75) is 6.42 Å². The normalized spacial score (nSPS) is 10.5. The number of carbonyl (C=O) groups is 1. The predicted octanol–water partition coefficient (Wildman–Crippen LogP) is 3.44. The molecule has 0 spiro atoms. The number of anilines is 1. The Morgan fingerprint density at radius 2 is 1.76 bits per heavy atom. The van der Waals surface area contributed by atoms with E-state index < -0.39 is 0 Å². The minimum atomic E-state index is 0.0550. The van der Waals surface area contributed by atoms with E-state index in [1.807, 2.05) is 60.7 Å². The molecule has 0 aliphatic carbocycles. The molecule has 1 amide bonds. The van der Waals surface area contributed by atoms with Gasteiger partial charge in [0, 0.05) is 24.3 Å². The standard InChI is InChI=1S/C18H16N2O/c1-20(16-10-3-2-4-11-16)17(21)13-15-8-5-7-14-9-6-12-19-18(14)15/h2-12H,13H2,1H3. The number of carbonyl (C=O) groups excluding carboxylic acids is 1. The highest BCUT2D eigenvalue weighted by molar-refractivity contribution is 5.96. The van der Waals surface area contributed by atoms with Gasteiger partial charge in [-0.05, 0) is 23.8 Å². The van der Waals surface area contributed by atoms with E-state index in [4.69, 9.17) is 0 Å². The highest BCUT2D eigenvalue weighted by atomic mass is 16.2. The van der Waals surface area contributed by atoms with Crippen molar-refractivity contribution in [2.24, 2.45) is 0 Å². The Kier molecular flexibility index (Phi) is 3.65. The van der Waals surface area contributed by atoms with Crippen LogP contribution in [0.15, 0.2) is 66.9 Å². The Labute approximate surface area is 123 Å². The zero-order valence-corrected chi connectivity index (χ0v) is 11.9. The molecule has 1 aromatic heterocycles. The number of fused-ring (bicyclic) bond motifs is 1. The Hall–Kier alpha value is -2.68. The lowest BCUT2D eigenvalue weighted by Gasteiger charge is -2.17. The Bertz CT molecular complexity index is 763. The van der Waals surface area contributed by atoms with Gasteiger partial charge >= 0.3 is 0 Å². The summed E-state index contributed by atoms with van der Waals surface area (Å²) < 4.78 is 0. The molecule has 3 nitrogen and oxygen atoms in total. The van der Waals surface area contributed by atoms with E-state index in [0.717, 1.165) is 22.2 Å². The summed E-state index contributed by atoms with van der Waals surface area (Å²) in [5.74, 6) is 0.0550. The largest absolute Gasteiger partial charge is 0.315 e. The molecule has 0 unspecified atom stereocenters. The first-order chi connectivity index (χ1) is 10.3. The number of nitrogens with zero attached hydrogens (tertiary/aromatic N) is 2. The van der Waals surface area contributed by atoms with Gasteiger partial charge in [-0.15, -0.1) is 0 Å². The van der Waals surface area contributed by atoms with Gasteiger partial charge in [-0.2, -0.15) is 0 Å². The van der Waals surface area contributed by atoms with Gasteiger partial charge in [0.25, 0.3) is 0 Å². The zero-order chi connectivity index (χ0) is 14.7. The van der Waals surface area contributed by atoms with Crippen molar-refractivity contribution in [3.63, 3.8) is 0 Å². The van der Waals surface area contributed by atoms with Crippen LogP contribution >= 0.6 is 0 Å². The molecule has 0 saturated heterocycles. The van der Waals surface area contributed by atoms with Crippen LogP contribution in [0.25, 0.3) is 10.9 Å². The number of benzene rings is 2. The minimum absolute atomic E-state index is 0.0550. The molecule has 0 aliphatic rings. The molecule has 0 atom stereocenters. The average molecular weight is 276 g/mol. The molecule has 0 N–H and O–H groups in total. The van der Waals surface area contributed by atoms with Gasteiger partial charge in [0.2, 0.25) is 5.91 Å². The second-order valence-electron chi connectivity index (χ2n) is 4.96. The topological polar surface area (TPSA) is 33.2 Å². The third-order valence-electron chi connectivity index (χ3n) is 3.58. The Morgan fingerprint density at radius 3 is 2.57 bits per heavy atom.